The van der Waals surface area contributed by atoms with Crippen LogP contribution < -0.4 is 5.32 Å². The molecule has 0 bridgehead atoms. The third kappa shape index (κ3) is 3.84. The molecule has 1 atom stereocenters. The van der Waals surface area contributed by atoms with E-state index < -0.39 is 0 Å². The van der Waals surface area contributed by atoms with E-state index in [1.54, 1.807) is 0 Å². The minimum absolute atomic E-state index is 0.526. The first-order valence-electron chi connectivity index (χ1n) is 7.34. The first kappa shape index (κ1) is 13.7. The van der Waals surface area contributed by atoms with E-state index in [9.17, 15) is 0 Å². The summed E-state index contributed by atoms with van der Waals surface area (Å²) in [5, 5.41) is 4.47. The minimum atomic E-state index is 0.526. The molecule has 0 heterocycles. The van der Waals surface area contributed by atoms with Gasteiger partial charge in [0.2, 0.25) is 0 Å². The van der Waals surface area contributed by atoms with Crippen molar-refractivity contribution < 1.29 is 0 Å². The lowest BCUT2D eigenvalue weighted by Gasteiger charge is -2.18. The number of hydrogen-bond donors (Lipinski definition) is 1. The molecule has 2 aromatic carbocycles. The highest BCUT2D eigenvalue weighted by atomic mass is 35.5. The Balaban J connectivity index is 1.72. The fourth-order valence-corrected chi connectivity index (χ4v) is 2.66. The molecule has 1 N–H and O–H groups in total. The molecule has 0 spiro atoms. The van der Waals surface area contributed by atoms with Crippen LogP contribution in [-0.4, -0.2) is 12.6 Å². The Labute approximate surface area is 126 Å². The zero-order valence-electron chi connectivity index (χ0n) is 11.6. The Kier molecular flexibility index (Phi) is 4.39. The number of nitrogens with one attached hydrogen (secondary N) is 1. The molecule has 2 aromatic rings. The molecule has 0 saturated heterocycles. The highest BCUT2D eigenvalue weighted by Gasteiger charge is 2.22. The molecule has 104 valence electrons. The maximum Gasteiger partial charge on any atom is 0.0406 e. The van der Waals surface area contributed by atoms with E-state index in [-0.39, 0.29) is 0 Å². The monoisotopic (exact) mass is 285 g/mol. The molecule has 0 aliphatic heterocycles. The first-order chi connectivity index (χ1) is 9.81. The van der Waals surface area contributed by atoms with E-state index in [1.807, 2.05) is 12.1 Å². The molecule has 1 saturated carbocycles. The van der Waals surface area contributed by atoms with Crippen LogP contribution in [-0.2, 0) is 6.42 Å². The maximum atomic E-state index is 5.96. The predicted molar refractivity (Wildman–Crippen MR) is 85.4 cm³/mol. The molecule has 2 heteroatoms. The Morgan fingerprint density at radius 2 is 1.70 bits per heavy atom. The van der Waals surface area contributed by atoms with Crippen LogP contribution in [0.5, 0.6) is 0 Å². The standard InChI is InChI=1S/C18H20ClN/c19-17-8-6-14(7-9-17)12-16(13-20-18-10-11-18)15-4-2-1-3-5-15/h1-9,16,18,20H,10-13H2. The van der Waals surface area contributed by atoms with Crippen molar-refractivity contribution in [3.8, 4) is 0 Å². The van der Waals surface area contributed by atoms with Crippen LogP contribution in [0.1, 0.15) is 29.9 Å². The topological polar surface area (TPSA) is 12.0 Å². The second-order valence-electron chi connectivity index (χ2n) is 5.62. The van der Waals surface area contributed by atoms with Gasteiger partial charge in [0.1, 0.15) is 0 Å². The molecule has 1 aliphatic carbocycles. The van der Waals surface area contributed by atoms with E-state index in [0.717, 1.165) is 24.0 Å². The Hall–Kier alpha value is -1.31. The first-order valence-corrected chi connectivity index (χ1v) is 7.72. The van der Waals surface area contributed by atoms with Crippen molar-refractivity contribution in [2.45, 2.75) is 31.2 Å². The van der Waals surface area contributed by atoms with E-state index in [4.69, 9.17) is 11.6 Å². The van der Waals surface area contributed by atoms with Gasteiger partial charge in [-0.3, -0.25) is 0 Å². The van der Waals surface area contributed by atoms with Gasteiger partial charge in [-0.2, -0.15) is 0 Å². The number of hydrogen-bond acceptors (Lipinski definition) is 1. The van der Waals surface area contributed by atoms with Crippen LogP contribution in [0, 0.1) is 0 Å². The van der Waals surface area contributed by atoms with Gasteiger partial charge < -0.3 is 5.32 Å². The Morgan fingerprint density at radius 1 is 1.00 bits per heavy atom. The van der Waals surface area contributed by atoms with Gasteiger partial charge in [0.15, 0.2) is 0 Å². The fourth-order valence-electron chi connectivity index (χ4n) is 2.53. The molecular weight excluding hydrogens is 266 g/mol. The normalized spacial score (nSPS) is 16.1. The average molecular weight is 286 g/mol. The van der Waals surface area contributed by atoms with Crippen LogP contribution >= 0.6 is 11.6 Å². The van der Waals surface area contributed by atoms with Gasteiger partial charge in [-0.1, -0.05) is 54.1 Å². The molecule has 1 aliphatic rings. The second-order valence-corrected chi connectivity index (χ2v) is 6.06. The molecule has 1 fully saturated rings. The zero-order chi connectivity index (χ0) is 13.8. The van der Waals surface area contributed by atoms with E-state index >= 15 is 0 Å². The van der Waals surface area contributed by atoms with E-state index in [1.165, 1.54) is 24.0 Å². The summed E-state index contributed by atoms with van der Waals surface area (Å²) in [6.07, 6.45) is 3.73. The summed E-state index contributed by atoms with van der Waals surface area (Å²) >= 11 is 5.96. The molecule has 0 radical (unpaired) electrons. The van der Waals surface area contributed by atoms with Gasteiger partial charge in [0.05, 0.1) is 0 Å². The SMILES string of the molecule is Clc1ccc(CC(CNC2CC2)c2ccccc2)cc1. The number of benzene rings is 2. The van der Waals surface area contributed by atoms with Crippen molar-refractivity contribution in [2.75, 3.05) is 6.54 Å². The molecule has 0 aromatic heterocycles. The third-order valence-corrected chi connectivity index (χ3v) is 4.15. The molecule has 0 amide bonds. The van der Waals surface area contributed by atoms with Crippen molar-refractivity contribution in [1.82, 2.24) is 5.32 Å². The quantitative estimate of drug-likeness (QED) is 0.828. The van der Waals surface area contributed by atoms with Gasteiger partial charge in [-0.25, -0.2) is 0 Å². The lowest BCUT2D eigenvalue weighted by atomic mass is 9.92. The second kappa shape index (κ2) is 6.43. The third-order valence-electron chi connectivity index (χ3n) is 3.90. The van der Waals surface area contributed by atoms with Gasteiger partial charge in [-0.15, -0.1) is 0 Å². The van der Waals surface area contributed by atoms with E-state index in [2.05, 4.69) is 47.8 Å². The van der Waals surface area contributed by atoms with Crippen molar-refractivity contribution in [3.05, 3.63) is 70.7 Å². The average Bonchev–Trinajstić information content (AvgIpc) is 3.31. The van der Waals surface area contributed by atoms with Crippen LogP contribution in [0.25, 0.3) is 0 Å². The maximum absolute atomic E-state index is 5.96. The summed E-state index contributed by atoms with van der Waals surface area (Å²) in [6, 6.07) is 19.8. The summed E-state index contributed by atoms with van der Waals surface area (Å²) in [4.78, 5) is 0. The predicted octanol–water partition coefficient (Wildman–Crippen LogP) is 4.42. The van der Waals surface area contributed by atoms with Crippen molar-refractivity contribution in [1.29, 1.82) is 0 Å². The van der Waals surface area contributed by atoms with Gasteiger partial charge >= 0.3 is 0 Å². The molecule has 3 rings (SSSR count). The summed E-state index contributed by atoms with van der Waals surface area (Å²) < 4.78 is 0. The summed E-state index contributed by atoms with van der Waals surface area (Å²) in [5.41, 5.74) is 2.76. The summed E-state index contributed by atoms with van der Waals surface area (Å²) in [5.74, 6) is 0.526. The highest BCUT2D eigenvalue weighted by Crippen LogP contribution is 2.24. The van der Waals surface area contributed by atoms with Gasteiger partial charge in [0, 0.05) is 23.5 Å². The van der Waals surface area contributed by atoms with Crippen molar-refractivity contribution in [3.63, 3.8) is 0 Å². The molecule has 1 unspecified atom stereocenters. The van der Waals surface area contributed by atoms with Crippen molar-refractivity contribution in [2.24, 2.45) is 0 Å². The van der Waals surface area contributed by atoms with Crippen LogP contribution in [0.15, 0.2) is 54.6 Å². The summed E-state index contributed by atoms with van der Waals surface area (Å²) in [7, 11) is 0. The Bertz CT molecular complexity index is 531. The molecule has 1 nitrogen and oxygen atoms in total. The van der Waals surface area contributed by atoms with E-state index in [0.29, 0.717) is 5.92 Å². The lowest BCUT2D eigenvalue weighted by molar-refractivity contribution is 0.577. The highest BCUT2D eigenvalue weighted by molar-refractivity contribution is 6.30. The van der Waals surface area contributed by atoms with Crippen LogP contribution in [0.4, 0.5) is 0 Å². The lowest BCUT2D eigenvalue weighted by Crippen LogP contribution is -2.24. The Morgan fingerprint density at radius 3 is 2.35 bits per heavy atom. The summed E-state index contributed by atoms with van der Waals surface area (Å²) in [6.45, 7) is 1.05. The van der Waals surface area contributed by atoms with Gasteiger partial charge in [-0.05, 0) is 42.5 Å². The number of rotatable bonds is 6. The smallest absolute Gasteiger partial charge is 0.0406 e. The van der Waals surface area contributed by atoms with Crippen LogP contribution in [0.2, 0.25) is 5.02 Å². The van der Waals surface area contributed by atoms with Gasteiger partial charge in [0.25, 0.3) is 0 Å². The largest absolute Gasteiger partial charge is 0.313 e. The molecular formula is C18H20ClN. The zero-order valence-corrected chi connectivity index (χ0v) is 12.3. The number of halogens is 1. The fraction of sp³-hybridized carbons (Fsp3) is 0.333. The van der Waals surface area contributed by atoms with Crippen LogP contribution in [0.3, 0.4) is 0 Å². The minimum Gasteiger partial charge on any atom is -0.313 e. The molecule has 20 heavy (non-hydrogen) atoms. The van der Waals surface area contributed by atoms with Crippen molar-refractivity contribution >= 4 is 11.6 Å².